The van der Waals surface area contributed by atoms with Crippen LogP contribution in [0.4, 0.5) is 0 Å². The maximum Gasteiger partial charge on any atom is 0.254 e. The fourth-order valence-corrected chi connectivity index (χ4v) is 3.43. The summed E-state index contributed by atoms with van der Waals surface area (Å²) in [7, 11) is 4.06. The van der Waals surface area contributed by atoms with Gasteiger partial charge in [-0.1, -0.05) is 12.1 Å². The van der Waals surface area contributed by atoms with E-state index in [1.165, 1.54) is 0 Å². The number of benzene rings is 1. The minimum absolute atomic E-state index is 0.0703. The molecule has 5 heteroatoms. The van der Waals surface area contributed by atoms with Crippen LogP contribution >= 0.6 is 0 Å². The highest BCUT2D eigenvalue weighted by Gasteiger charge is 2.23. The Balaban J connectivity index is 1.82. The highest BCUT2D eigenvalue weighted by molar-refractivity contribution is 5.95. The van der Waals surface area contributed by atoms with E-state index in [-0.39, 0.29) is 12.0 Å². The largest absolute Gasteiger partial charge is 0.376 e. The highest BCUT2D eigenvalue weighted by atomic mass is 16.5. The van der Waals surface area contributed by atoms with Crippen molar-refractivity contribution in [1.29, 1.82) is 0 Å². The van der Waals surface area contributed by atoms with E-state index in [0.29, 0.717) is 13.1 Å². The van der Waals surface area contributed by atoms with Crippen LogP contribution in [0.1, 0.15) is 28.8 Å². The molecule has 0 aliphatic carbocycles. The normalized spacial score (nSPS) is 16.7. The predicted molar refractivity (Wildman–Crippen MR) is 108 cm³/mol. The van der Waals surface area contributed by atoms with E-state index in [0.717, 1.165) is 48.2 Å². The van der Waals surface area contributed by atoms with Gasteiger partial charge in [0, 0.05) is 44.2 Å². The van der Waals surface area contributed by atoms with Crippen molar-refractivity contribution < 1.29 is 9.53 Å². The Hall–Kier alpha value is -2.24. The van der Waals surface area contributed by atoms with Gasteiger partial charge in [0.05, 0.1) is 6.10 Å². The number of carbonyl (C=O) groups is 1. The number of aromatic nitrogens is 1. The molecule has 1 saturated heterocycles. The lowest BCUT2D eigenvalue weighted by Gasteiger charge is -2.27. The van der Waals surface area contributed by atoms with Crippen LogP contribution in [0, 0.1) is 6.92 Å². The van der Waals surface area contributed by atoms with Crippen LogP contribution in [-0.4, -0.2) is 67.1 Å². The lowest BCUT2D eigenvalue weighted by atomic mass is 10.00. The first-order chi connectivity index (χ1) is 13.0. The molecular weight excluding hydrogens is 338 g/mol. The molecule has 1 amide bonds. The minimum atomic E-state index is 0.0703. The van der Waals surface area contributed by atoms with Crippen molar-refractivity contribution in [3.05, 3.63) is 53.9 Å². The molecule has 0 unspecified atom stereocenters. The molecule has 3 rings (SSSR count). The third kappa shape index (κ3) is 5.15. The molecule has 1 aliphatic rings. The summed E-state index contributed by atoms with van der Waals surface area (Å²) < 4.78 is 5.77. The van der Waals surface area contributed by atoms with Crippen LogP contribution in [0.3, 0.4) is 0 Å². The number of aryl methyl sites for hydroxylation is 1. The molecule has 0 N–H and O–H groups in total. The van der Waals surface area contributed by atoms with E-state index in [1.807, 2.05) is 62.4 Å². The van der Waals surface area contributed by atoms with Gasteiger partial charge in [0.15, 0.2) is 0 Å². The molecule has 1 aromatic carbocycles. The van der Waals surface area contributed by atoms with Gasteiger partial charge in [0.1, 0.15) is 0 Å². The van der Waals surface area contributed by atoms with Gasteiger partial charge in [0.25, 0.3) is 5.91 Å². The summed E-state index contributed by atoms with van der Waals surface area (Å²) in [5.74, 6) is 0.0703. The van der Waals surface area contributed by atoms with Gasteiger partial charge in [-0.05, 0) is 68.8 Å². The summed E-state index contributed by atoms with van der Waals surface area (Å²) in [4.78, 5) is 21.5. The number of amides is 1. The Labute approximate surface area is 162 Å². The van der Waals surface area contributed by atoms with Crippen LogP contribution < -0.4 is 0 Å². The number of rotatable bonds is 7. The summed E-state index contributed by atoms with van der Waals surface area (Å²) in [5, 5.41) is 0. The average molecular weight is 367 g/mol. The first kappa shape index (κ1) is 19.5. The standard InChI is InChI=1S/C22H29N3O2/c1-17-15-23-10-9-21(17)18-6-4-7-19(14-18)22(26)25(12-11-24(2)3)16-20-8-5-13-27-20/h4,6-7,9-10,14-15,20H,5,8,11-13,16H2,1-3H3/t20-/m0/s1. The summed E-state index contributed by atoms with van der Waals surface area (Å²) in [5.41, 5.74) is 3.98. The quantitative estimate of drug-likeness (QED) is 0.754. The smallest absolute Gasteiger partial charge is 0.254 e. The van der Waals surface area contributed by atoms with Crippen molar-refractivity contribution in [1.82, 2.24) is 14.8 Å². The molecule has 144 valence electrons. The van der Waals surface area contributed by atoms with E-state index >= 15 is 0 Å². The number of hydrogen-bond acceptors (Lipinski definition) is 4. The Morgan fingerprint density at radius 2 is 2.11 bits per heavy atom. The molecule has 1 atom stereocenters. The van der Waals surface area contributed by atoms with Crippen molar-refractivity contribution in [3.8, 4) is 11.1 Å². The Kier molecular flexibility index (Phi) is 6.58. The van der Waals surface area contributed by atoms with Crippen molar-refractivity contribution >= 4 is 5.91 Å². The fraction of sp³-hybridized carbons (Fsp3) is 0.455. The second kappa shape index (κ2) is 9.11. The van der Waals surface area contributed by atoms with Crippen LogP contribution in [0.5, 0.6) is 0 Å². The van der Waals surface area contributed by atoms with Gasteiger partial charge in [-0.15, -0.1) is 0 Å². The molecule has 1 fully saturated rings. The topological polar surface area (TPSA) is 45.7 Å². The van der Waals surface area contributed by atoms with E-state index in [9.17, 15) is 4.79 Å². The SMILES string of the molecule is Cc1cnccc1-c1cccc(C(=O)N(CCN(C)C)C[C@@H]2CCCO2)c1. The third-order valence-corrected chi connectivity index (χ3v) is 4.99. The second-order valence-electron chi connectivity index (χ2n) is 7.46. The molecule has 0 bridgehead atoms. The van der Waals surface area contributed by atoms with Gasteiger partial charge in [0.2, 0.25) is 0 Å². The Morgan fingerprint density at radius 1 is 1.26 bits per heavy atom. The number of carbonyl (C=O) groups excluding carboxylic acids is 1. The lowest BCUT2D eigenvalue weighted by Crippen LogP contribution is -2.41. The zero-order chi connectivity index (χ0) is 19.2. The van der Waals surface area contributed by atoms with E-state index in [4.69, 9.17) is 4.74 Å². The molecule has 5 nitrogen and oxygen atoms in total. The third-order valence-electron chi connectivity index (χ3n) is 4.99. The summed E-state index contributed by atoms with van der Waals surface area (Å²) >= 11 is 0. The average Bonchev–Trinajstić information content (AvgIpc) is 3.18. The van der Waals surface area contributed by atoms with Crippen LogP contribution in [0.15, 0.2) is 42.7 Å². The maximum absolute atomic E-state index is 13.3. The van der Waals surface area contributed by atoms with E-state index in [2.05, 4.69) is 9.88 Å². The van der Waals surface area contributed by atoms with Crippen LogP contribution in [-0.2, 0) is 4.74 Å². The van der Waals surface area contributed by atoms with Gasteiger partial charge < -0.3 is 14.5 Å². The molecule has 0 spiro atoms. The van der Waals surface area contributed by atoms with E-state index < -0.39 is 0 Å². The number of hydrogen-bond donors (Lipinski definition) is 0. The summed E-state index contributed by atoms with van der Waals surface area (Å²) in [6, 6.07) is 9.89. The van der Waals surface area contributed by atoms with E-state index in [1.54, 1.807) is 6.20 Å². The molecule has 1 aromatic heterocycles. The van der Waals surface area contributed by atoms with Crippen molar-refractivity contribution in [2.45, 2.75) is 25.9 Å². The highest BCUT2D eigenvalue weighted by Crippen LogP contribution is 2.24. The number of nitrogens with zero attached hydrogens (tertiary/aromatic N) is 3. The van der Waals surface area contributed by atoms with Gasteiger partial charge in [-0.2, -0.15) is 0 Å². The zero-order valence-corrected chi connectivity index (χ0v) is 16.5. The van der Waals surface area contributed by atoms with Gasteiger partial charge in [-0.25, -0.2) is 0 Å². The zero-order valence-electron chi connectivity index (χ0n) is 16.5. The monoisotopic (exact) mass is 367 g/mol. The summed E-state index contributed by atoms with van der Waals surface area (Å²) in [6.07, 6.45) is 5.91. The second-order valence-corrected chi connectivity index (χ2v) is 7.46. The fourth-order valence-electron chi connectivity index (χ4n) is 3.43. The lowest BCUT2D eigenvalue weighted by molar-refractivity contribution is 0.0512. The first-order valence-corrected chi connectivity index (χ1v) is 9.61. The van der Waals surface area contributed by atoms with Crippen LogP contribution in [0.2, 0.25) is 0 Å². The maximum atomic E-state index is 13.3. The minimum Gasteiger partial charge on any atom is -0.376 e. The molecule has 2 aromatic rings. The number of likely N-dealkylation sites (N-methyl/N-ethyl adjacent to an activating group) is 1. The Bertz CT molecular complexity index is 770. The van der Waals surface area contributed by atoms with Crippen molar-refractivity contribution in [2.75, 3.05) is 40.3 Å². The van der Waals surface area contributed by atoms with Gasteiger partial charge in [-0.3, -0.25) is 9.78 Å². The first-order valence-electron chi connectivity index (χ1n) is 9.61. The molecular formula is C22H29N3O2. The molecule has 1 aliphatic heterocycles. The van der Waals surface area contributed by atoms with Crippen molar-refractivity contribution in [2.24, 2.45) is 0 Å². The molecule has 2 heterocycles. The van der Waals surface area contributed by atoms with Crippen molar-refractivity contribution in [3.63, 3.8) is 0 Å². The molecule has 27 heavy (non-hydrogen) atoms. The molecule has 0 radical (unpaired) electrons. The number of ether oxygens (including phenoxy) is 1. The number of pyridine rings is 1. The summed E-state index contributed by atoms with van der Waals surface area (Å²) in [6.45, 7) is 5.03. The molecule has 0 saturated carbocycles. The van der Waals surface area contributed by atoms with Crippen LogP contribution in [0.25, 0.3) is 11.1 Å². The van der Waals surface area contributed by atoms with Gasteiger partial charge >= 0.3 is 0 Å². The Morgan fingerprint density at radius 3 is 2.81 bits per heavy atom. The predicted octanol–water partition coefficient (Wildman–Crippen LogP) is 3.24.